The van der Waals surface area contributed by atoms with E-state index < -0.39 is 0 Å². The van der Waals surface area contributed by atoms with Crippen LogP contribution in [-0.2, 0) is 4.79 Å². The Labute approximate surface area is 144 Å². The van der Waals surface area contributed by atoms with E-state index in [1.165, 1.54) is 0 Å². The number of nitrogens with zero attached hydrogens (tertiary/aromatic N) is 1. The Kier molecular flexibility index (Phi) is 4.82. The van der Waals surface area contributed by atoms with Gasteiger partial charge < -0.3 is 9.72 Å². The Hall–Kier alpha value is -2.79. The van der Waals surface area contributed by atoms with Gasteiger partial charge in [-0.05, 0) is 25.1 Å². The number of carbonyl (C=O) groups is 1. The summed E-state index contributed by atoms with van der Waals surface area (Å²) in [7, 11) is 0. The number of hydrogen-bond acceptors (Lipinski definition) is 3. The molecule has 0 atom stereocenters. The second-order valence-electron chi connectivity index (χ2n) is 5.22. The molecule has 0 aliphatic heterocycles. The van der Waals surface area contributed by atoms with Crippen LogP contribution in [0.4, 0.5) is 0 Å². The highest BCUT2D eigenvalue weighted by molar-refractivity contribution is 6.32. The fourth-order valence-electron chi connectivity index (χ4n) is 2.37. The lowest BCUT2D eigenvalue weighted by molar-refractivity contribution is -0.123. The third-order valence-corrected chi connectivity index (χ3v) is 3.83. The summed E-state index contributed by atoms with van der Waals surface area (Å²) in [4.78, 5) is 15.1. The first kappa shape index (κ1) is 16.1. The molecule has 0 saturated heterocycles. The number of nitrogens with one attached hydrogen (secondary N) is 2. The molecule has 0 radical (unpaired) electrons. The lowest BCUT2D eigenvalue weighted by Crippen LogP contribution is -2.24. The van der Waals surface area contributed by atoms with Gasteiger partial charge in [0.2, 0.25) is 0 Å². The van der Waals surface area contributed by atoms with Gasteiger partial charge in [0.1, 0.15) is 5.75 Å². The summed E-state index contributed by atoms with van der Waals surface area (Å²) in [5.41, 5.74) is 5.41. The van der Waals surface area contributed by atoms with Crippen LogP contribution in [0.25, 0.3) is 10.9 Å². The lowest BCUT2D eigenvalue weighted by Gasteiger charge is -2.06. The van der Waals surface area contributed by atoms with Crippen molar-refractivity contribution in [2.45, 2.75) is 6.92 Å². The highest BCUT2D eigenvalue weighted by Gasteiger charge is 2.06. The summed E-state index contributed by atoms with van der Waals surface area (Å²) < 4.78 is 5.36. The van der Waals surface area contributed by atoms with E-state index in [9.17, 15) is 4.79 Å². The van der Waals surface area contributed by atoms with Crippen molar-refractivity contribution >= 4 is 34.6 Å². The van der Waals surface area contributed by atoms with Crippen molar-refractivity contribution in [3.8, 4) is 5.75 Å². The molecule has 0 spiro atoms. The maximum absolute atomic E-state index is 11.8. The SMILES string of the molecule is Cc1[nH]c2ccccc2c1/C=N/NC(=O)COc1ccccc1Cl. The number of aromatic nitrogens is 1. The molecule has 2 N–H and O–H groups in total. The summed E-state index contributed by atoms with van der Waals surface area (Å²) in [5, 5.41) is 5.52. The zero-order valence-electron chi connectivity index (χ0n) is 13.0. The van der Waals surface area contributed by atoms with Crippen molar-refractivity contribution in [3.05, 3.63) is 64.8 Å². The molecule has 0 bridgehead atoms. The first-order valence-corrected chi connectivity index (χ1v) is 7.79. The number of ether oxygens (including phenoxy) is 1. The van der Waals surface area contributed by atoms with Crippen LogP contribution < -0.4 is 10.2 Å². The molecule has 3 aromatic rings. The van der Waals surface area contributed by atoms with Gasteiger partial charge in [-0.1, -0.05) is 41.9 Å². The van der Waals surface area contributed by atoms with E-state index in [0.717, 1.165) is 22.2 Å². The molecule has 24 heavy (non-hydrogen) atoms. The van der Waals surface area contributed by atoms with Crippen LogP contribution in [-0.4, -0.2) is 23.7 Å². The Bertz CT molecular complexity index is 902. The van der Waals surface area contributed by atoms with Gasteiger partial charge in [0.05, 0.1) is 11.2 Å². The van der Waals surface area contributed by atoms with Crippen molar-refractivity contribution < 1.29 is 9.53 Å². The fraction of sp³-hybridized carbons (Fsp3) is 0.111. The minimum absolute atomic E-state index is 0.159. The van der Waals surface area contributed by atoms with Crippen LogP contribution in [0.1, 0.15) is 11.3 Å². The number of rotatable bonds is 5. The lowest BCUT2D eigenvalue weighted by atomic mass is 10.1. The molecule has 0 fully saturated rings. The van der Waals surface area contributed by atoms with Crippen molar-refractivity contribution in [2.75, 3.05) is 6.61 Å². The van der Waals surface area contributed by atoms with Gasteiger partial charge >= 0.3 is 0 Å². The predicted octanol–water partition coefficient (Wildman–Crippen LogP) is 3.66. The number of halogens is 1. The first-order chi connectivity index (χ1) is 11.6. The summed E-state index contributed by atoms with van der Waals surface area (Å²) in [5.74, 6) is 0.106. The molecule has 0 unspecified atom stereocenters. The number of benzene rings is 2. The molecular weight excluding hydrogens is 326 g/mol. The van der Waals surface area contributed by atoms with Gasteiger partial charge in [-0.15, -0.1) is 0 Å². The van der Waals surface area contributed by atoms with Gasteiger partial charge in [-0.25, -0.2) is 5.43 Å². The molecule has 2 aromatic carbocycles. The Morgan fingerprint density at radius 1 is 1.25 bits per heavy atom. The molecule has 122 valence electrons. The van der Waals surface area contributed by atoms with E-state index in [1.807, 2.05) is 31.2 Å². The Morgan fingerprint density at radius 3 is 2.83 bits per heavy atom. The summed E-state index contributed by atoms with van der Waals surface area (Å²) in [6.07, 6.45) is 1.63. The largest absolute Gasteiger partial charge is 0.482 e. The van der Waals surface area contributed by atoms with Crippen molar-refractivity contribution in [1.82, 2.24) is 10.4 Å². The summed E-state index contributed by atoms with van der Waals surface area (Å²) in [6.45, 7) is 1.80. The van der Waals surface area contributed by atoms with Gasteiger partial charge in [0.25, 0.3) is 5.91 Å². The molecule has 3 rings (SSSR count). The molecule has 5 nitrogen and oxygen atoms in total. The number of fused-ring (bicyclic) bond motifs is 1. The maximum atomic E-state index is 11.8. The number of para-hydroxylation sites is 2. The van der Waals surface area contributed by atoms with E-state index in [2.05, 4.69) is 15.5 Å². The molecule has 0 aliphatic rings. The molecule has 6 heteroatoms. The predicted molar refractivity (Wildman–Crippen MR) is 95.7 cm³/mol. The van der Waals surface area contributed by atoms with Gasteiger partial charge in [-0.3, -0.25) is 4.79 Å². The quantitative estimate of drug-likeness (QED) is 0.549. The summed E-state index contributed by atoms with van der Waals surface area (Å²) in [6, 6.07) is 14.9. The number of aromatic amines is 1. The second kappa shape index (κ2) is 7.19. The van der Waals surface area contributed by atoms with Gasteiger partial charge in [0.15, 0.2) is 6.61 Å². The number of hydrazone groups is 1. The first-order valence-electron chi connectivity index (χ1n) is 7.41. The van der Waals surface area contributed by atoms with Crippen LogP contribution in [0, 0.1) is 6.92 Å². The van der Waals surface area contributed by atoms with Crippen LogP contribution in [0.3, 0.4) is 0 Å². The van der Waals surface area contributed by atoms with Crippen LogP contribution in [0.15, 0.2) is 53.6 Å². The average molecular weight is 342 g/mol. The zero-order chi connectivity index (χ0) is 16.9. The molecule has 1 aromatic heterocycles. The van der Waals surface area contributed by atoms with E-state index in [1.54, 1.807) is 30.5 Å². The minimum Gasteiger partial charge on any atom is -0.482 e. The monoisotopic (exact) mass is 341 g/mol. The molecule has 1 amide bonds. The molecule has 0 saturated carbocycles. The Balaban J connectivity index is 1.60. The van der Waals surface area contributed by atoms with Crippen molar-refractivity contribution in [1.29, 1.82) is 0 Å². The van der Waals surface area contributed by atoms with Crippen molar-refractivity contribution in [3.63, 3.8) is 0 Å². The number of carbonyl (C=O) groups excluding carboxylic acids is 1. The third kappa shape index (κ3) is 3.58. The zero-order valence-corrected chi connectivity index (χ0v) is 13.8. The van der Waals surface area contributed by atoms with E-state index >= 15 is 0 Å². The number of amides is 1. The smallest absolute Gasteiger partial charge is 0.277 e. The van der Waals surface area contributed by atoms with Crippen LogP contribution in [0.2, 0.25) is 5.02 Å². The average Bonchev–Trinajstić information content (AvgIpc) is 2.90. The topological polar surface area (TPSA) is 66.5 Å². The fourth-order valence-corrected chi connectivity index (χ4v) is 2.56. The normalized spacial score (nSPS) is 11.1. The standard InChI is InChI=1S/C18H16ClN3O2/c1-12-14(13-6-2-4-8-16(13)21-12)10-20-22-18(23)11-24-17-9-5-3-7-15(17)19/h2-10,21H,11H2,1H3,(H,22,23)/b20-10+. The second-order valence-corrected chi connectivity index (χ2v) is 5.63. The number of aryl methyl sites for hydroxylation is 1. The minimum atomic E-state index is -0.358. The van der Waals surface area contributed by atoms with E-state index in [4.69, 9.17) is 16.3 Å². The van der Waals surface area contributed by atoms with Gasteiger partial charge in [-0.2, -0.15) is 5.10 Å². The molecular formula is C18H16ClN3O2. The third-order valence-electron chi connectivity index (χ3n) is 3.52. The molecule has 0 aliphatic carbocycles. The number of H-pyrrole nitrogens is 1. The van der Waals surface area contributed by atoms with Gasteiger partial charge in [0, 0.05) is 22.2 Å². The molecule has 1 heterocycles. The highest BCUT2D eigenvalue weighted by Crippen LogP contribution is 2.23. The summed E-state index contributed by atoms with van der Waals surface area (Å²) >= 11 is 5.96. The maximum Gasteiger partial charge on any atom is 0.277 e. The van der Waals surface area contributed by atoms with E-state index in [-0.39, 0.29) is 12.5 Å². The van der Waals surface area contributed by atoms with E-state index in [0.29, 0.717) is 10.8 Å². The van der Waals surface area contributed by atoms with Crippen molar-refractivity contribution in [2.24, 2.45) is 5.10 Å². The van der Waals surface area contributed by atoms with Crippen LogP contribution >= 0.6 is 11.6 Å². The van der Waals surface area contributed by atoms with Crippen LogP contribution in [0.5, 0.6) is 5.75 Å². The Morgan fingerprint density at radius 2 is 2.00 bits per heavy atom. The number of hydrogen-bond donors (Lipinski definition) is 2. The highest BCUT2D eigenvalue weighted by atomic mass is 35.5.